The Bertz CT molecular complexity index is 414. The molecule has 112 valence electrons. The lowest BCUT2D eigenvalue weighted by Crippen LogP contribution is -2.62. The molecule has 0 radical (unpaired) electrons. The number of aliphatic hydroxyl groups is 1. The van der Waals surface area contributed by atoms with Crippen molar-refractivity contribution in [2.24, 2.45) is 0 Å². The molecule has 0 aliphatic carbocycles. The van der Waals surface area contributed by atoms with Crippen LogP contribution in [0.25, 0.3) is 0 Å². The first kappa shape index (κ1) is 15.4. The smallest absolute Gasteiger partial charge is 0.159 e. The van der Waals surface area contributed by atoms with E-state index in [1.807, 2.05) is 44.2 Å². The Kier molecular flexibility index (Phi) is 5.12. The fourth-order valence-corrected chi connectivity index (χ4v) is 2.45. The normalized spacial score (nSPS) is 34.1. The quantitative estimate of drug-likeness (QED) is 0.803. The maximum Gasteiger partial charge on any atom is 0.159 e. The van der Waals surface area contributed by atoms with Crippen LogP contribution in [0.2, 0.25) is 0 Å². The minimum atomic E-state index is -0.662. The summed E-state index contributed by atoms with van der Waals surface area (Å²) in [6.45, 7) is 4.18. The highest BCUT2D eigenvalue weighted by Crippen LogP contribution is 2.29. The van der Waals surface area contributed by atoms with Gasteiger partial charge in [-0.3, -0.25) is 4.84 Å². The van der Waals surface area contributed by atoms with E-state index in [9.17, 15) is 5.11 Å². The van der Waals surface area contributed by atoms with Crippen molar-refractivity contribution < 1.29 is 19.4 Å². The lowest BCUT2D eigenvalue weighted by molar-refractivity contribution is -0.249. The minimum Gasteiger partial charge on any atom is -0.388 e. The second-order valence-corrected chi connectivity index (χ2v) is 5.45. The standard InChI is InChI=1S/C15H23NO4/c1-11-14(17)15(2,9-13(18-3)20-11)16-19-10-12-7-5-4-6-8-12/h4-8,11,13-14,16-17H,9-10H2,1-3H3/t11-,13+,14-,15+/m0/s1. The van der Waals surface area contributed by atoms with Gasteiger partial charge in [-0.15, -0.1) is 0 Å². The van der Waals surface area contributed by atoms with E-state index < -0.39 is 11.6 Å². The first-order valence-corrected chi connectivity index (χ1v) is 6.84. The van der Waals surface area contributed by atoms with E-state index in [4.69, 9.17) is 14.3 Å². The summed E-state index contributed by atoms with van der Waals surface area (Å²) in [5.41, 5.74) is 3.45. The fraction of sp³-hybridized carbons (Fsp3) is 0.600. The van der Waals surface area contributed by atoms with Gasteiger partial charge in [-0.25, -0.2) is 0 Å². The summed E-state index contributed by atoms with van der Waals surface area (Å²) in [7, 11) is 1.60. The van der Waals surface area contributed by atoms with Crippen molar-refractivity contribution in [3.63, 3.8) is 0 Å². The van der Waals surface area contributed by atoms with E-state index in [0.717, 1.165) is 5.56 Å². The summed E-state index contributed by atoms with van der Waals surface area (Å²) < 4.78 is 10.8. The molecular weight excluding hydrogens is 258 g/mol. The average molecular weight is 281 g/mol. The number of hydrogen-bond acceptors (Lipinski definition) is 5. The summed E-state index contributed by atoms with van der Waals surface area (Å²) in [6, 6.07) is 9.88. The molecule has 0 bridgehead atoms. The zero-order valence-corrected chi connectivity index (χ0v) is 12.2. The molecule has 0 aromatic heterocycles. The largest absolute Gasteiger partial charge is 0.388 e. The van der Waals surface area contributed by atoms with Crippen molar-refractivity contribution in [1.82, 2.24) is 5.48 Å². The van der Waals surface area contributed by atoms with Crippen LogP contribution in [0.3, 0.4) is 0 Å². The van der Waals surface area contributed by atoms with Crippen molar-refractivity contribution in [3.05, 3.63) is 35.9 Å². The molecule has 1 saturated heterocycles. The monoisotopic (exact) mass is 281 g/mol. The number of aliphatic hydroxyl groups excluding tert-OH is 1. The molecular formula is C15H23NO4. The minimum absolute atomic E-state index is 0.313. The third-order valence-electron chi connectivity index (χ3n) is 3.70. The predicted molar refractivity (Wildman–Crippen MR) is 74.7 cm³/mol. The van der Waals surface area contributed by atoms with Gasteiger partial charge in [-0.2, -0.15) is 5.48 Å². The average Bonchev–Trinajstić information content (AvgIpc) is 2.45. The van der Waals surface area contributed by atoms with Crippen LogP contribution in [0.4, 0.5) is 0 Å². The van der Waals surface area contributed by atoms with Gasteiger partial charge in [-0.1, -0.05) is 30.3 Å². The molecule has 5 heteroatoms. The van der Waals surface area contributed by atoms with Gasteiger partial charge < -0.3 is 14.6 Å². The zero-order chi connectivity index (χ0) is 14.6. The molecule has 1 aliphatic heterocycles. The highest BCUT2D eigenvalue weighted by molar-refractivity contribution is 5.13. The van der Waals surface area contributed by atoms with Crippen LogP contribution in [0, 0.1) is 0 Å². The molecule has 0 saturated carbocycles. The van der Waals surface area contributed by atoms with Crippen LogP contribution >= 0.6 is 0 Å². The van der Waals surface area contributed by atoms with Gasteiger partial charge in [0.25, 0.3) is 0 Å². The van der Waals surface area contributed by atoms with Crippen LogP contribution in [0.5, 0.6) is 0 Å². The van der Waals surface area contributed by atoms with Crippen molar-refractivity contribution in [2.45, 2.75) is 50.9 Å². The van der Waals surface area contributed by atoms with Crippen molar-refractivity contribution in [3.8, 4) is 0 Å². The number of hydroxylamine groups is 1. The highest BCUT2D eigenvalue weighted by Gasteiger charge is 2.45. The Balaban J connectivity index is 1.92. The molecule has 1 fully saturated rings. The summed E-state index contributed by atoms with van der Waals surface area (Å²) in [4.78, 5) is 5.55. The van der Waals surface area contributed by atoms with E-state index in [2.05, 4.69) is 5.48 Å². The number of benzene rings is 1. The zero-order valence-electron chi connectivity index (χ0n) is 12.2. The van der Waals surface area contributed by atoms with Gasteiger partial charge in [0.05, 0.1) is 18.2 Å². The molecule has 1 aromatic rings. The molecule has 1 aliphatic rings. The SMILES string of the molecule is CO[C@H]1C[C@@](C)(NOCc2ccccc2)[C@@H](O)[C@H](C)O1. The van der Waals surface area contributed by atoms with Gasteiger partial charge in [0.2, 0.25) is 0 Å². The third-order valence-corrected chi connectivity index (χ3v) is 3.70. The van der Waals surface area contributed by atoms with Crippen LogP contribution in [0.15, 0.2) is 30.3 Å². The molecule has 1 heterocycles. The van der Waals surface area contributed by atoms with Crippen LogP contribution in [-0.4, -0.2) is 36.3 Å². The Labute approximate surface area is 119 Å². The number of ether oxygens (including phenoxy) is 2. The fourth-order valence-electron chi connectivity index (χ4n) is 2.45. The molecule has 2 N–H and O–H groups in total. The van der Waals surface area contributed by atoms with Crippen LogP contribution in [-0.2, 0) is 20.9 Å². The second-order valence-electron chi connectivity index (χ2n) is 5.45. The Morgan fingerprint density at radius 2 is 2.10 bits per heavy atom. The Morgan fingerprint density at radius 3 is 2.75 bits per heavy atom. The molecule has 4 atom stereocenters. The molecule has 1 aromatic carbocycles. The van der Waals surface area contributed by atoms with Gasteiger partial charge in [0, 0.05) is 13.5 Å². The number of hydrogen-bond donors (Lipinski definition) is 2. The number of rotatable bonds is 5. The first-order chi connectivity index (χ1) is 9.55. The topological polar surface area (TPSA) is 60.0 Å². The molecule has 0 spiro atoms. The van der Waals surface area contributed by atoms with Gasteiger partial charge >= 0.3 is 0 Å². The number of methoxy groups -OCH3 is 1. The summed E-state index contributed by atoms with van der Waals surface area (Å²) in [5.74, 6) is 0. The molecule has 20 heavy (non-hydrogen) atoms. The highest BCUT2D eigenvalue weighted by atomic mass is 16.7. The number of nitrogens with one attached hydrogen (secondary N) is 1. The van der Waals surface area contributed by atoms with E-state index in [0.29, 0.717) is 13.0 Å². The Morgan fingerprint density at radius 1 is 1.40 bits per heavy atom. The summed E-state index contributed by atoms with van der Waals surface area (Å²) in [6.07, 6.45) is -0.800. The lowest BCUT2D eigenvalue weighted by Gasteiger charge is -2.44. The van der Waals surface area contributed by atoms with E-state index in [1.165, 1.54) is 0 Å². The maximum atomic E-state index is 10.3. The summed E-state index contributed by atoms with van der Waals surface area (Å²) in [5, 5.41) is 10.3. The predicted octanol–water partition coefficient (Wildman–Crippen LogP) is 1.61. The van der Waals surface area contributed by atoms with E-state index in [1.54, 1.807) is 7.11 Å². The lowest BCUT2D eigenvalue weighted by atomic mass is 9.86. The molecule has 5 nitrogen and oxygen atoms in total. The Hall–Kier alpha value is -0.980. The molecule has 0 unspecified atom stereocenters. The third kappa shape index (κ3) is 3.56. The van der Waals surface area contributed by atoms with Crippen LogP contribution in [0.1, 0.15) is 25.8 Å². The van der Waals surface area contributed by atoms with Crippen molar-refractivity contribution >= 4 is 0 Å². The van der Waals surface area contributed by atoms with Crippen molar-refractivity contribution in [1.29, 1.82) is 0 Å². The van der Waals surface area contributed by atoms with Crippen LogP contribution < -0.4 is 5.48 Å². The molecule has 2 rings (SSSR count). The van der Waals surface area contributed by atoms with Gasteiger partial charge in [-0.05, 0) is 19.4 Å². The van der Waals surface area contributed by atoms with Gasteiger partial charge in [0.15, 0.2) is 6.29 Å². The first-order valence-electron chi connectivity index (χ1n) is 6.84. The van der Waals surface area contributed by atoms with E-state index in [-0.39, 0.29) is 12.4 Å². The second kappa shape index (κ2) is 6.65. The van der Waals surface area contributed by atoms with E-state index >= 15 is 0 Å². The molecule has 0 amide bonds. The summed E-state index contributed by atoms with van der Waals surface area (Å²) >= 11 is 0. The van der Waals surface area contributed by atoms with Gasteiger partial charge in [0.1, 0.15) is 6.10 Å². The maximum absolute atomic E-state index is 10.3. The van der Waals surface area contributed by atoms with Crippen molar-refractivity contribution in [2.75, 3.05) is 7.11 Å².